The molecular formula is C15H24N2O3. The lowest BCUT2D eigenvalue weighted by Gasteiger charge is -2.28. The van der Waals surface area contributed by atoms with Gasteiger partial charge in [0.25, 0.3) is 0 Å². The molecule has 5 heteroatoms. The fraction of sp³-hybridized carbons (Fsp3) is 0.867. The third-order valence-corrected chi connectivity index (χ3v) is 5.27. The maximum atomic E-state index is 12.6. The summed E-state index contributed by atoms with van der Waals surface area (Å²) in [6.45, 7) is 3.37. The quantitative estimate of drug-likeness (QED) is 0.778. The van der Waals surface area contributed by atoms with Crippen LogP contribution in [0.15, 0.2) is 0 Å². The first-order valence-electron chi connectivity index (χ1n) is 7.77. The SMILES string of the molecule is CNC(=O)C1(C(=O)N2CCC(C3CCOCC3)C2)CC1. The number of nitrogens with zero attached hydrogens (tertiary/aromatic N) is 1. The molecule has 1 aliphatic carbocycles. The predicted octanol–water partition coefficient (Wildman–Crippen LogP) is 0.788. The van der Waals surface area contributed by atoms with Crippen LogP contribution in [0.5, 0.6) is 0 Å². The van der Waals surface area contributed by atoms with Crippen LogP contribution in [0, 0.1) is 17.3 Å². The minimum absolute atomic E-state index is 0.0615. The van der Waals surface area contributed by atoms with Crippen molar-refractivity contribution in [1.82, 2.24) is 10.2 Å². The van der Waals surface area contributed by atoms with E-state index in [0.29, 0.717) is 24.7 Å². The van der Waals surface area contributed by atoms with E-state index in [-0.39, 0.29) is 11.8 Å². The molecule has 2 saturated heterocycles. The Morgan fingerprint density at radius 3 is 2.45 bits per heavy atom. The molecule has 2 amide bonds. The summed E-state index contributed by atoms with van der Waals surface area (Å²) in [6, 6.07) is 0. The van der Waals surface area contributed by atoms with Crippen molar-refractivity contribution in [2.45, 2.75) is 32.1 Å². The molecule has 1 saturated carbocycles. The fourth-order valence-corrected chi connectivity index (χ4v) is 3.75. The molecule has 1 N–H and O–H groups in total. The van der Waals surface area contributed by atoms with Gasteiger partial charge in [0, 0.05) is 33.4 Å². The lowest BCUT2D eigenvalue weighted by Crippen LogP contribution is -2.43. The molecule has 20 heavy (non-hydrogen) atoms. The van der Waals surface area contributed by atoms with Crippen LogP contribution in [0.25, 0.3) is 0 Å². The highest BCUT2D eigenvalue weighted by molar-refractivity contribution is 6.07. The molecule has 0 aromatic carbocycles. The molecule has 0 radical (unpaired) electrons. The van der Waals surface area contributed by atoms with Crippen molar-refractivity contribution in [2.24, 2.45) is 17.3 Å². The van der Waals surface area contributed by atoms with E-state index in [2.05, 4.69) is 5.32 Å². The second kappa shape index (κ2) is 5.35. The minimum Gasteiger partial charge on any atom is -0.381 e. The van der Waals surface area contributed by atoms with E-state index in [1.165, 1.54) is 0 Å². The third-order valence-electron chi connectivity index (χ3n) is 5.27. The molecular weight excluding hydrogens is 256 g/mol. The Bertz CT molecular complexity index is 400. The molecule has 5 nitrogen and oxygen atoms in total. The van der Waals surface area contributed by atoms with Crippen molar-refractivity contribution in [3.8, 4) is 0 Å². The van der Waals surface area contributed by atoms with E-state index in [1.54, 1.807) is 7.05 Å². The van der Waals surface area contributed by atoms with Crippen LogP contribution >= 0.6 is 0 Å². The van der Waals surface area contributed by atoms with Gasteiger partial charge in [-0.25, -0.2) is 0 Å². The molecule has 3 fully saturated rings. The lowest BCUT2D eigenvalue weighted by molar-refractivity contribution is -0.143. The first-order chi connectivity index (χ1) is 9.67. The molecule has 0 aromatic heterocycles. The highest BCUT2D eigenvalue weighted by Crippen LogP contribution is 2.48. The number of nitrogens with one attached hydrogen (secondary N) is 1. The standard InChI is InChI=1S/C15H24N2O3/c1-16-13(18)15(5-6-15)14(19)17-7-2-12(10-17)11-3-8-20-9-4-11/h11-12H,2-10H2,1H3,(H,16,18). The van der Waals surface area contributed by atoms with E-state index in [0.717, 1.165) is 45.6 Å². The van der Waals surface area contributed by atoms with Crippen LogP contribution in [-0.4, -0.2) is 50.1 Å². The van der Waals surface area contributed by atoms with E-state index >= 15 is 0 Å². The van der Waals surface area contributed by atoms with Crippen molar-refractivity contribution >= 4 is 11.8 Å². The number of ether oxygens (including phenoxy) is 1. The number of hydrogen-bond donors (Lipinski definition) is 1. The van der Waals surface area contributed by atoms with Crippen LogP contribution < -0.4 is 5.32 Å². The van der Waals surface area contributed by atoms with Gasteiger partial charge >= 0.3 is 0 Å². The topological polar surface area (TPSA) is 58.6 Å². The maximum absolute atomic E-state index is 12.6. The highest BCUT2D eigenvalue weighted by Gasteiger charge is 2.58. The van der Waals surface area contributed by atoms with E-state index in [9.17, 15) is 9.59 Å². The summed E-state index contributed by atoms with van der Waals surface area (Å²) in [5, 5.41) is 2.64. The van der Waals surface area contributed by atoms with Crippen LogP contribution in [0.2, 0.25) is 0 Å². The van der Waals surface area contributed by atoms with Crippen molar-refractivity contribution in [3.05, 3.63) is 0 Å². The molecule has 3 aliphatic rings. The van der Waals surface area contributed by atoms with Crippen LogP contribution in [-0.2, 0) is 14.3 Å². The lowest BCUT2D eigenvalue weighted by atomic mass is 9.85. The van der Waals surface area contributed by atoms with Gasteiger partial charge in [0.15, 0.2) is 0 Å². The Morgan fingerprint density at radius 2 is 1.85 bits per heavy atom. The monoisotopic (exact) mass is 280 g/mol. The Kier molecular flexibility index (Phi) is 3.71. The number of carbonyl (C=O) groups is 2. The molecule has 0 bridgehead atoms. The average molecular weight is 280 g/mol. The van der Waals surface area contributed by atoms with Crippen molar-refractivity contribution < 1.29 is 14.3 Å². The molecule has 2 aliphatic heterocycles. The first-order valence-corrected chi connectivity index (χ1v) is 7.77. The van der Waals surface area contributed by atoms with Gasteiger partial charge in [-0.05, 0) is 43.9 Å². The third kappa shape index (κ3) is 2.32. The van der Waals surface area contributed by atoms with E-state index in [4.69, 9.17) is 4.74 Å². The van der Waals surface area contributed by atoms with Gasteiger partial charge in [-0.1, -0.05) is 0 Å². The minimum atomic E-state index is -0.723. The summed E-state index contributed by atoms with van der Waals surface area (Å²) in [5.41, 5.74) is -0.723. The Hall–Kier alpha value is -1.10. The first kappa shape index (κ1) is 13.9. The zero-order valence-corrected chi connectivity index (χ0v) is 12.2. The summed E-state index contributed by atoms with van der Waals surface area (Å²) in [6.07, 6.45) is 4.74. The van der Waals surface area contributed by atoms with Gasteiger partial charge < -0.3 is 15.0 Å². The Balaban J connectivity index is 1.59. The molecule has 0 spiro atoms. The molecule has 2 heterocycles. The Morgan fingerprint density at radius 1 is 1.15 bits per heavy atom. The van der Waals surface area contributed by atoms with Gasteiger partial charge in [-0.15, -0.1) is 0 Å². The van der Waals surface area contributed by atoms with Crippen molar-refractivity contribution in [1.29, 1.82) is 0 Å². The van der Waals surface area contributed by atoms with Crippen LogP contribution in [0.1, 0.15) is 32.1 Å². The van der Waals surface area contributed by atoms with Crippen molar-refractivity contribution in [2.75, 3.05) is 33.4 Å². The smallest absolute Gasteiger partial charge is 0.238 e. The highest BCUT2D eigenvalue weighted by atomic mass is 16.5. The summed E-state index contributed by atoms with van der Waals surface area (Å²) in [4.78, 5) is 26.4. The predicted molar refractivity (Wildman–Crippen MR) is 74.0 cm³/mol. The summed E-state index contributed by atoms with van der Waals surface area (Å²) >= 11 is 0. The van der Waals surface area contributed by atoms with Crippen LogP contribution in [0.3, 0.4) is 0 Å². The fourth-order valence-electron chi connectivity index (χ4n) is 3.75. The normalized spacial score (nSPS) is 29.2. The van der Waals surface area contributed by atoms with Gasteiger partial charge in [0.1, 0.15) is 5.41 Å². The van der Waals surface area contributed by atoms with Gasteiger partial charge in [0.05, 0.1) is 0 Å². The molecule has 1 unspecified atom stereocenters. The number of rotatable bonds is 3. The number of amides is 2. The average Bonchev–Trinajstić information content (AvgIpc) is 3.16. The molecule has 112 valence electrons. The molecule has 0 aromatic rings. The molecule has 3 rings (SSSR count). The van der Waals surface area contributed by atoms with Crippen LogP contribution in [0.4, 0.5) is 0 Å². The second-order valence-corrected chi connectivity index (χ2v) is 6.41. The van der Waals surface area contributed by atoms with Gasteiger partial charge in [0.2, 0.25) is 11.8 Å². The second-order valence-electron chi connectivity index (χ2n) is 6.41. The van der Waals surface area contributed by atoms with Crippen molar-refractivity contribution in [3.63, 3.8) is 0 Å². The zero-order chi connectivity index (χ0) is 14.2. The van der Waals surface area contributed by atoms with E-state index in [1.807, 2.05) is 4.90 Å². The summed E-state index contributed by atoms with van der Waals surface area (Å²) in [5.74, 6) is 1.25. The summed E-state index contributed by atoms with van der Waals surface area (Å²) in [7, 11) is 1.62. The van der Waals surface area contributed by atoms with E-state index < -0.39 is 5.41 Å². The van der Waals surface area contributed by atoms with Gasteiger partial charge in [-0.2, -0.15) is 0 Å². The largest absolute Gasteiger partial charge is 0.381 e. The van der Waals surface area contributed by atoms with Gasteiger partial charge in [-0.3, -0.25) is 9.59 Å². The number of carbonyl (C=O) groups excluding carboxylic acids is 2. The summed E-state index contributed by atoms with van der Waals surface area (Å²) < 4.78 is 5.41. The zero-order valence-electron chi connectivity index (χ0n) is 12.2. The Labute approximate surface area is 120 Å². The number of hydrogen-bond acceptors (Lipinski definition) is 3. The number of likely N-dealkylation sites (tertiary alicyclic amines) is 1. The molecule has 1 atom stereocenters. The maximum Gasteiger partial charge on any atom is 0.238 e.